The van der Waals surface area contributed by atoms with Gasteiger partial charge in [0.25, 0.3) is 0 Å². The Hall–Kier alpha value is -2.06. The lowest BCUT2D eigenvalue weighted by molar-refractivity contribution is -0.134. The summed E-state index contributed by atoms with van der Waals surface area (Å²) in [4.78, 5) is 11.0. The van der Waals surface area contributed by atoms with Gasteiger partial charge in [-0.25, -0.2) is 0 Å². The highest BCUT2D eigenvalue weighted by Crippen LogP contribution is 2.31. The van der Waals surface area contributed by atoms with Crippen molar-refractivity contribution in [1.82, 2.24) is 0 Å². The number of carbonyl (C=O) groups is 1. The van der Waals surface area contributed by atoms with E-state index in [1.807, 2.05) is 36.4 Å². The van der Waals surface area contributed by atoms with Crippen LogP contribution < -0.4 is 0 Å². The van der Waals surface area contributed by atoms with Gasteiger partial charge in [0.05, 0.1) is 0 Å². The largest absolute Gasteiger partial charge is 0.427 e. The van der Waals surface area contributed by atoms with Gasteiger partial charge in [-0.3, -0.25) is 4.79 Å². The number of halogens is 1. The fourth-order valence-electron chi connectivity index (χ4n) is 1.84. The Kier molecular flexibility index (Phi) is 4.03. The van der Waals surface area contributed by atoms with Gasteiger partial charge < -0.3 is 4.74 Å². The van der Waals surface area contributed by atoms with E-state index in [1.165, 1.54) is 6.92 Å². The molecule has 0 unspecified atom stereocenters. The first-order valence-electron chi connectivity index (χ1n) is 5.80. The maximum atomic E-state index is 11.0. The van der Waals surface area contributed by atoms with Gasteiger partial charge in [-0.2, -0.15) is 0 Å². The van der Waals surface area contributed by atoms with Gasteiger partial charge in [-0.05, 0) is 29.3 Å². The average molecular weight is 273 g/mol. The molecule has 0 aliphatic rings. The van der Waals surface area contributed by atoms with Crippen molar-refractivity contribution in [2.24, 2.45) is 0 Å². The van der Waals surface area contributed by atoms with Crippen LogP contribution >= 0.6 is 11.6 Å². The zero-order valence-electron chi connectivity index (χ0n) is 10.5. The Morgan fingerprint density at radius 2 is 1.84 bits per heavy atom. The maximum Gasteiger partial charge on any atom is 0.308 e. The summed E-state index contributed by atoms with van der Waals surface area (Å²) in [5, 5.41) is 0.623. The normalized spacial score (nSPS) is 10.0. The third kappa shape index (κ3) is 3.24. The van der Waals surface area contributed by atoms with E-state index in [4.69, 9.17) is 16.3 Å². The monoisotopic (exact) mass is 272 g/mol. The van der Waals surface area contributed by atoms with Gasteiger partial charge in [0.1, 0.15) is 5.76 Å². The first-order chi connectivity index (χ1) is 9.08. The Balaban J connectivity index is 2.50. The molecule has 0 aromatic heterocycles. The van der Waals surface area contributed by atoms with E-state index < -0.39 is 0 Å². The molecule has 96 valence electrons. The van der Waals surface area contributed by atoms with Crippen molar-refractivity contribution in [2.45, 2.75) is 6.92 Å². The van der Waals surface area contributed by atoms with Crippen molar-refractivity contribution in [2.75, 3.05) is 0 Å². The molecule has 0 radical (unpaired) electrons. The molecule has 2 rings (SSSR count). The number of ether oxygens (including phenoxy) is 1. The average Bonchev–Trinajstić information content (AvgIpc) is 2.38. The SMILES string of the molecule is C=C(OC(C)=O)c1ccc(Cl)cc1-c1ccccc1. The van der Waals surface area contributed by atoms with E-state index in [-0.39, 0.29) is 5.97 Å². The number of esters is 1. The molecule has 0 N–H and O–H groups in total. The first kappa shape index (κ1) is 13.4. The molecule has 0 amide bonds. The van der Waals surface area contributed by atoms with Gasteiger partial charge in [0.2, 0.25) is 0 Å². The number of hydrogen-bond acceptors (Lipinski definition) is 2. The van der Waals surface area contributed by atoms with Crippen molar-refractivity contribution in [3.63, 3.8) is 0 Å². The van der Waals surface area contributed by atoms with Crippen LogP contribution in [0.5, 0.6) is 0 Å². The Morgan fingerprint density at radius 1 is 1.16 bits per heavy atom. The summed E-state index contributed by atoms with van der Waals surface area (Å²) < 4.78 is 5.06. The zero-order valence-corrected chi connectivity index (χ0v) is 11.3. The summed E-state index contributed by atoms with van der Waals surface area (Å²) in [7, 11) is 0. The minimum Gasteiger partial charge on any atom is -0.427 e. The van der Waals surface area contributed by atoms with E-state index >= 15 is 0 Å². The van der Waals surface area contributed by atoms with Gasteiger partial charge in [0, 0.05) is 17.5 Å². The molecule has 2 aromatic rings. The van der Waals surface area contributed by atoms with Crippen LogP contribution in [-0.2, 0) is 9.53 Å². The summed E-state index contributed by atoms with van der Waals surface area (Å²) in [5.41, 5.74) is 2.64. The number of rotatable bonds is 3. The van der Waals surface area contributed by atoms with Crippen molar-refractivity contribution in [3.8, 4) is 11.1 Å². The van der Waals surface area contributed by atoms with Crippen molar-refractivity contribution in [3.05, 3.63) is 65.7 Å². The van der Waals surface area contributed by atoms with Crippen molar-refractivity contribution >= 4 is 23.3 Å². The van der Waals surface area contributed by atoms with E-state index in [2.05, 4.69) is 6.58 Å². The molecule has 2 aromatic carbocycles. The molecule has 0 bridgehead atoms. The Morgan fingerprint density at radius 3 is 2.47 bits per heavy atom. The topological polar surface area (TPSA) is 26.3 Å². The zero-order chi connectivity index (χ0) is 13.8. The van der Waals surface area contributed by atoms with E-state index in [9.17, 15) is 4.79 Å². The highest BCUT2D eigenvalue weighted by molar-refractivity contribution is 6.31. The lowest BCUT2D eigenvalue weighted by Gasteiger charge is -2.12. The molecule has 0 spiro atoms. The summed E-state index contributed by atoms with van der Waals surface area (Å²) in [5.74, 6) is -0.0676. The molecule has 3 heteroatoms. The highest BCUT2D eigenvalue weighted by Gasteiger charge is 2.11. The predicted molar refractivity (Wildman–Crippen MR) is 77.7 cm³/mol. The minimum absolute atomic E-state index is 0.322. The quantitative estimate of drug-likeness (QED) is 0.606. The smallest absolute Gasteiger partial charge is 0.308 e. The lowest BCUT2D eigenvalue weighted by Crippen LogP contribution is -1.99. The second-order valence-electron chi connectivity index (χ2n) is 4.07. The van der Waals surface area contributed by atoms with E-state index in [1.54, 1.807) is 12.1 Å². The molecule has 0 saturated heterocycles. The first-order valence-corrected chi connectivity index (χ1v) is 6.18. The third-order valence-electron chi connectivity index (χ3n) is 2.63. The number of benzene rings is 2. The van der Waals surface area contributed by atoms with Crippen LogP contribution in [0.25, 0.3) is 16.9 Å². The standard InChI is InChI=1S/C16H13ClO2/c1-11(19-12(2)18)15-9-8-14(17)10-16(15)13-6-4-3-5-7-13/h3-10H,1H2,2H3. The van der Waals surface area contributed by atoms with Crippen LogP contribution in [0.1, 0.15) is 12.5 Å². The van der Waals surface area contributed by atoms with Gasteiger partial charge >= 0.3 is 5.97 Å². The predicted octanol–water partition coefficient (Wildman–Crippen LogP) is 4.54. The Bertz CT molecular complexity index is 618. The van der Waals surface area contributed by atoms with Crippen LogP contribution in [-0.4, -0.2) is 5.97 Å². The molecule has 0 atom stereocenters. The van der Waals surface area contributed by atoms with Crippen LogP contribution in [0.3, 0.4) is 0 Å². The summed E-state index contributed by atoms with van der Waals surface area (Å²) in [6.45, 7) is 5.15. The highest BCUT2D eigenvalue weighted by atomic mass is 35.5. The summed E-state index contributed by atoms with van der Waals surface area (Å²) in [6.07, 6.45) is 0. The number of hydrogen-bond donors (Lipinski definition) is 0. The van der Waals surface area contributed by atoms with Crippen molar-refractivity contribution in [1.29, 1.82) is 0 Å². The molecular weight excluding hydrogens is 260 g/mol. The van der Waals surface area contributed by atoms with Gasteiger partial charge in [-0.1, -0.05) is 48.5 Å². The van der Waals surface area contributed by atoms with Crippen LogP contribution in [0, 0.1) is 0 Å². The Labute approximate surface area is 117 Å². The fourth-order valence-corrected chi connectivity index (χ4v) is 2.02. The second-order valence-corrected chi connectivity index (χ2v) is 4.51. The van der Waals surface area contributed by atoms with Crippen LogP contribution in [0.15, 0.2) is 55.1 Å². The molecular formula is C16H13ClO2. The van der Waals surface area contributed by atoms with E-state index in [0.29, 0.717) is 10.8 Å². The third-order valence-corrected chi connectivity index (χ3v) is 2.87. The number of carbonyl (C=O) groups excluding carboxylic acids is 1. The van der Waals surface area contributed by atoms with Crippen LogP contribution in [0.4, 0.5) is 0 Å². The molecule has 2 nitrogen and oxygen atoms in total. The van der Waals surface area contributed by atoms with Crippen LogP contribution in [0.2, 0.25) is 5.02 Å². The summed E-state index contributed by atoms with van der Waals surface area (Å²) in [6, 6.07) is 15.1. The molecule has 0 heterocycles. The lowest BCUT2D eigenvalue weighted by atomic mass is 9.99. The molecule has 0 saturated carbocycles. The molecule has 0 aliphatic carbocycles. The van der Waals surface area contributed by atoms with E-state index in [0.717, 1.165) is 16.7 Å². The maximum absolute atomic E-state index is 11.0. The second kappa shape index (κ2) is 5.72. The fraction of sp³-hybridized carbons (Fsp3) is 0.0625. The molecule has 0 fully saturated rings. The molecule has 19 heavy (non-hydrogen) atoms. The molecule has 0 aliphatic heterocycles. The van der Waals surface area contributed by atoms with Gasteiger partial charge in [-0.15, -0.1) is 0 Å². The van der Waals surface area contributed by atoms with Gasteiger partial charge in [0.15, 0.2) is 0 Å². The minimum atomic E-state index is -0.390. The summed E-state index contributed by atoms with van der Waals surface area (Å²) >= 11 is 6.04. The van der Waals surface area contributed by atoms with Crippen molar-refractivity contribution < 1.29 is 9.53 Å².